The second-order valence-corrected chi connectivity index (χ2v) is 6.25. The predicted octanol–water partition coefficient (Wildman–Crippen LogP) is 3.11. The molecule has 3 rings (SSSR count). The monoisotopic (exact) mass is 304 g/mol. The van der Waals surface area contributed by atoms with Gasteiger partial charge in [0.15, 0.2) is 0 Å². The zero-order chi connectivity index (χ0) is 15.6. The molecule has 1 fully saturated rings. The normalized spacial score (nSPS) is 25.4. The molecule has 0 N–H and O–H groups in total. The van der Waals surface area contributed by atoms with Crippen molar-refractivity contribution in [1.29, 1.82) is 0 Å². The molecule has 0 radical (unpaired) electrons. The highest BCUT2D eigenvalue weighted by Gasteiger charge is 2.44. The highest BCUT2D eigenvalue weighted by Crippen LogP contribution is 2.29. The lowest BCUT2D eigenvalue weighted by Crippen LogP contribution is -2.47. The summed E-state index contributed by atoms with van der Waals surface area (Å²) >= 11 is 0. The van der Waals surface area contributed by atoms with Gasteiger partial charge in [-0.3, -0.25) is 4.79 Å². The number of carbonyl (C=O) groups excluding carboxylic acids is 1. The Kier molecular flexibility index (Phi) is 4.14. The average molecular weight is 304 g/mol. The molecule has 2 heterocycles. The minimum absolute atomic E-state index is 0.00967. The van der Waals surface area contributed by atoms with E-state index in [0.717, 1.165) is 25.9 Å². The van der Waals surface area contributed by atoms with E-state index in [1.807, 2.05) is 4.90 Å². The van der Waals surface area contributed by atoms with Crippen LogP contribution in [0.25, 0.3) is 0 Å². The first kappa shape index (κ1) is 15.0. The largest absolute Gasteiger partial charge is 0.379 e. The average Bonchev–Trinajstić information content (AvgIpc) is 2.74. The van der Waals surface area contributed by atoms with E-state index in [1.165, 1.54) is 25.0 Å². The summed E-state index contributed by atoms with van der Waals surface area (Å²) in [6.45, 7) is 3.34. The molecule has 2 aliphatic rings. The van der Waals surface area contributed by atoms with Crippen LogP contribution < -0.4 is 0 Å². The van der Waals surface area contributed by atoms with Gasteiger partial charge in [-0.1, -0.05) is 30.1 Å². The van der Waals surface area contributed by atoms with Crippen LogP contribution in [0.5, 0.6) is 0 Å². The fraction of sp³-hybridized carbons (Fsp3) is 0.529. The van der Waals surface area contributed by atoms with Gasteiger partial charge in [-0.2, -0.15) is 0 Å². The molecule has 1 atom stereocenters. The van der Waals surface area contributed by atoms with Crippen LogP contribution in [0.1, 0.15) is 44.6 Å². The van der Waals surface area contributed by atoms with Crippen LogP contribution in [0.15, 0.2) is 29.4 Å². The maximum absolute atomic E-state index is 13.3. The topological polar surface area (TPSA) is 41.9 Å². The van der Waals surface area contributed by atoms with E-state index in [0.29, 0.717) is 17.7 Å². The summed E-state index contributed by atoms with van der Waals surface area (Å²) in [5.74, 6) is -0.322. The first-order valence-electron chi connectivity index (χ1n) is 7.89. The van der Waals surface area contributed by atoms with Crippen LogP contribution in [0.2, 0.25) is 0 Å². The number of hydrogen-bond acceptors (Lipinski definition) is 3. The van der Waals surface area contributed by atoms with Crippen molar-refractivity contribution in [2.75, 3.05) is 13.1 Å². The molecule has 0 aromatic heterocycles. The van der Waals surface area contributed by atoms with Crippen LogP contribution in [-0.2, 0) is 9.63 Å². The van der Waals surface area contributed by atoms with Gasteiger partial charge in [-0.15, -0.1) is 0 Å². The Hall–Kier alpha value is -1.91. The van der Waals surface area contributed by atoms with Gasteiger partial charge >= 0.3 is 0 Å². The third-order valence-electron chi connectivity index (χ3n) is 4.37. The highest BCUT2D eigenvalue weighted by atomic mass is 19.1. The molecule has 1 saturated heterocycles. The highest BCUT2D eigenvalue weighted by molar-refractivity contribution is 6.05. The number of hydrogen-bond donors (Lipinski definition) is 0. The van der Waals surface area contributed by atoms with E-state index in [9.17, 15) is 9.18 Å². The van der Waals surface area contributed by atoms with Crippen LogP contribution >= 0.6 is 0 Å². The second kappa shape index (κ2) is 6.07. The zero-order valence-electron chi connectivity index (χ0n) is 12.8. The molecule has 1 amide bonds. The summed E-state index contributed by atoms with van der Waals surface area (Å²) in [6.07, 6.45) is 4.81. The molecule has 0 spiro atoms. The first-order valence-corrected chi connectivity index (χ1v) is 7.89. The van der Waals surface area contributed by atoms with E-state index in [4.69, 9.17) is 4.84 Å². The molecule has 22 heavy (non-hydrogen) atoms. The van der Waals surface area contributed by atoms with E-state index < -0.39 is 5.60 Å². The Labute approximate surface area is 129 Å². The lowest BCUT2D eigenvalue weighted by molar-refractivity contribution is -0.153. The Balaban J connectivity index is 1.72. The van der Waals surface area contributed by atoms with Gasteiger partial charge in [0.05, 0.1) is 5.71 Å². The summed E-state index contributed by atoms with van der Waals surface area (Å²) in [6, 6.07) is 6.23. The second-order valence-electron chi connectivity index (χ2n) is 6.25. The molecule has 0 saturated carbocycles. The van der Waals surface area contributed by atoms with E-state index in [1.54, 1.807) is 19.1 Å². The maximum atomic E-state index is 13.3. The first-order chi connectivity index (χ1) is 10.6. The quantitative estimate of drug-likeness (QED) is 0.842. The minimum atomic E-state index is -0.966. The molecule has 0 unspecified atom stereocenters. The van der Waals surface area contributed by atoms with Crippen molar-refractivity contribution < 1.29 is 14.0 Å². The molecule has 118 valence electrons. The van der Waals surface area contributed by atoms with Crippen LogP contribution in [0, 0.1) is 5.82 Å². The lowest BCUT2D eigenvalue weighted by atomic mass is 9.94. The fourth-order valence-corrected chi connectivity index (χ4v) is 3.09. The zero-order valence-corrected chi connectivity index (χ0v) is 12.8. The van der Waals surface area contributed by atoms with Crippen molar-refractivity contribution in [3.8, 4) is 0 Å². The number of amides is 1. The van der Waals surface area contributed by atoms with Crippen molar-refractivity contribution in [3.05, 3.63) is 35.6 Å². The smallest absolute Gasteiger partial charge is 0.269 e. The standard InChI is InChI=1S/C17H21FN2O2/c1-17(16(21)20-9-4-2-3-5-10-20)12-15(19-22-17)13-7-6-8-14(18)11-13/h6-8,11H,2-5,9-10,12H2,1H3/t17-/m0/s1. The summed E-state index contributed by atoms with van der Waals surface area (Å²) in [4.78, 5) is 20.1. The van der Waals surface area contributed by atoms with Crippen molar-refractivity contribution in [1.82, 2.24) is 4.90 Å². The molecule has 2 aliphatic heterocycles. The van der Waals surface area contributed by atoms with Gasteiger partial charge in [0.25, 0.3) is 5.91 Å². The van der Waals surface area contributed by atoms with E-state index in [-0.39, 0.29) is 11.7 Å². The fourth-order valence-electron chi connectivity index (χ4n) is 3.09. The Bertz CT molecular complexity index is 594. The molecule has 0 aliphatic carbocycles. The molecule has 4 nitrogen and oxygen atoms in total. The number of carbonyl (C=O) groups is 1. The number of likely N-dealkylation sites (tertiary alicyclic amines) is 1. The molecular formula is C17H21FN2O2. The van der Waals surface area contributed by atoms with Gasteiger partial charge in [0.2, 0.25) is 5.60 Å². The van der Waals surface area contributed by atoms with Crippen LogP contribution in [0.3, 0.4) is 0 Å². The third-order valence-corrected chi connectivity index (χ3v) is 4.37. The number of oxime groups is 1. The van der Waals surface area contributed by atoms with Gasteiger partial charge in [0, 0.05) is 25.1 Å². The molecular weight excluding hydrogens is 283 g/mol. The maximum Gasteiger partial charge on any atom is 0.269 e. The lowest BCUT2D eigenvalue weighted by Gasteiger charge is -2.29. The van der Waals surface area contributed by atoms with Crippen molar-refractivity contribution in [2.24, 2.45) is 5.16 Å². The molecule has 1 aromatic rings. The van der Waals surface area contributed by atoms with Gasteiger partial charge in [-0.05, 0) is 31.9 Å². The van der Waals surface area contributed by atoms with E-state index >= 15 is 0 Å². The van der Waals surface area contributed by atoms with Crippen molar-refractivity contribution in [3.63, 3.8) is 0 Å². The van der Waals surface area contributed by atoms with E-state index in [2.05, 4.69) is 5.16 Å². The van der Waals surface area contributed by atoms with Gasteiger partial charge < -0.3 is 9.74 Å². The molecule has 5 heteroatoms. The summed E-state index contributed by atoms with van der Waals surface area (Å²) < 4.78 is 13.3. The summed E-state index contributed by atoms with van der Waals surface area (Å²) in [7, 11) is 0. The SMILES string of the molecule is C[C@@]1(C(=O)N2CCCCCC2)CC(c2cccc(F)c2)=NO1. The number of nitrogens with zero attached hydrogens (tertiary/aromatic N) is 2. The summed E-state index contributed by atoms with van der Waals surface area (Å²) in [5, 5.41) is 4.04. The van der Waals surface area contributed by atoms with Crippen molar-refractivity contribution in [2.45, 2.75) is 44.6 Å². The van der Waals surface area contributed by atoms with Crippen LogP contribution in [-0.4, -0.2) is 35.2 Å². The molecule has 0 bridgehead atoms. The molecule has 1 aromatic carbocycles. The Morgan fingerprint density at radius 3 is 2.68 bits per heavy atom. The number of benzene rings is 1. The Morgan fingerprint density at radius 1 is 1.27 bits per heavy atom. The predicted molar refractivity (Wildman–Crippen MR) is 82.1 cm³/mol. The Morgan fingerprint density at radius 2 is 2.00 bits per heavy atom. The third kappa shape index (κ3) is 2.98. The number of rotatable bonds is 2. The number of halogens is 1. The van der Waals surface area contributed by atoms with Crippen LogP contribution in [0.4, 0.5) is 4.39 Å². The minimum Gasteiger partial charge on any atom is -0.379 e. The van der Waals surface area contributed by atoms with Gasteiger partial charge in [-0.25, -0.2) is 4.39 Å². The van der Waals surface area contributed by atoms with Crippen molar-refractivity contribution >= 4 is 11.6 Å². The van der Waals surface area contributed by atoms with Gasteiger partial charge in [0.1, 0.15) is 5.82 Å². The summed E-state index contributed by atoms with van der Waals surface area (Å²) in [5.41, 5.74) is 0.337.